The molecule has 1 aromatic heterocycles. The fraction of sp³-hybridized carbons (Fsp3) is 0.316. The number of nitrogens with zero attached hydrogens (tertiary/aromatic N) is 2. The number of aromatic nitrogens is 1. The van der Waals surface area contributed by atoms with Crippen molar-refractivity contribution in [2.45, 2.75) is 32.6 Å². The number of hydrogen-bond donors (Lipinski definition) is 0. The zero-order chi connectivity index (χ0) is 16.2. The predicted octanol–water partition coefficient (Wildman–Crippen LogP) is 4.54. The molecule has 2 aromatic rings. The van der Waals surface area contributed by atoms with E-state index in [1.807, 2.05) is 12.1 Å². The minimum atomic E-state index is -0.204. The van der Waals surface area contributed by atoms with Crippen LogP contribution in [0.1, 0.15) is 42.1 Å². The van der Waals surface area contributed by atoms with E-state index < -0.39 is 0 Å². The van der Waals surface area contributed by atoms with Crippen LogP contribution in [0, 0.1) is 11.7 Å². The average Bonchev–Trinajstić information content (AvgIpc) is 2.55. The van der Waals surface area contributed by atoms with Gasteiger partial charge in [0.2, 0.25) is 0 Å². The summed E-state index contributed by atoms with van der Waals surface area (Å²) in [6.07, 6.45) is 6.33. The molecule has 0 aliphatic carbocycles. The largest absolute Gasteiger partial charge is 0.294 e. The van der Waals surface area contributed by atoms with Crippen molar-refractivity contribution >= 4 is 17.2 Å². The summed E-state index contributed by atoms with van der Waals surface area (Å²) in [5.41, 5.74) is 3.43. The second-order valence-corrected chi connectivity index (χ2v) is 6.15. The van der Waals surface area contributed by atoms with Gasteiger partial charge in [0.15, 0.2) is 5.78 Å². The van der Waals surface area contributed by atoms with Crippen LogP contribution < -0.4 is 0 Å². The van der Waals surface area contributed by atoms with E-state index in [4.69, 9.17) is 0 Å². The highest BCUT2D eigenvalue weighted by molar-refractivity contribution is 6.15. The molecule has 1 aliphatic rings. The first-order chi connectivity index (χ1) is 11.1. The normalized spacial score (nSPS) is 15.0. The van der Waals surface area contributed by atoms with Gasteiger partial charge in [0.05, 0.1) is 11.3 Å². The van der Waals surface area contributed by atoms with Crippen LogP contribution in [0.3, 0.4) is 0 Å². The maximum absolute atomic E-state index is 12.9. The lowest BCUT2D eigenvalue weighted by atomic mass is 9.92. The zero-order valence-electron chi connectivity index (χ0n) is 13.1. The Bertz CT molecular complexity index is 737. The van der Waals surface area contributed by atoms with Crippen molar-refractivity contribution in [1.82, 2.24) is 4.98 Å². The van der Waals surface area contributed by atoms with Crippen LogP contribution in [0.15, 0.2) is 47.7 Å². The smallest absolute Gasteiger partial charge is 0.172 e. The van der Waals surface area contributed by atoms with E-state index >= 15 is 0 Å². The molecule has 4 heteroatoms. The van der Waals surface area contributed by atoms with Gasteiger partial charge >= 0.3 is 0 Å². The van der Waals surface area contributed by atoms with Crippen LogP contribution in [0.2, 0.25) is 0 Å². The highest BCUT2D eigenvalue weighted by Gasteiger charge is 2.20. The molecule has 1 unspecified atom stereocenters. The second-order valence-electron chi connectivity index (χ2n) is 6.15. The SMILES string of the molecule is CC(CCC1=Nc2ccncc2C(=O)C1)Cc1ccc(F)cc1. The number of Topliss-reactive ketones (excluding diaryl/α,β-unsaturated/α-hetero) is 1. The monoisotopic (exact) mass is 310 g/mol. The number of benzene rings is 1. The van der Waals surface area contributed by atoms with Gasteiger partial charge in [-0.05, 0) is 48.9 Å². The van der Waals surface area contributed by atoms with E-state index in [9.17, 15) is 9.18 Å². The van der Waals surface area contributed by atoms with E-state index in [-0.39, 0.29) is 11.6 Å². The van der Waals surface area contributed by atoms with Crippen LogP contribution in [0.5, 0.6) is 0 Å². The summed E-state index contributed by atoms with van der Waals surface area (Å²) in [6, 6.07) is 8.44. The van der Waals surface area contributed by atoms with E-state index in [1.54, 1.807) is 18.5 Å². The molecule has 0 fully saturated rings. The molecule has 0 radical (unpaired) electrons. The highest BCUT2D eigenvalue weighted by atomic mass is 19.1. The lowest BCUT2D eigenvalue weighted by molar-refractivity contribution is 0.0999. The number of rotatable bonds is 5. The predicted molar refractivity (Wildman–Crippen MR) is 88.8 cm³/mol. The van der Waals surface area contributed by atoms with Crippen molar-refractivity contribution in [2.24, 2.45) is 10.9 Å². The number of hydrogen-bond acceptors (Lipinski definition) is 3. The number of ketones is 1. The molecule has 0 saturated carbocycles. The third-order valence-electron chi connectivity index (χ3n) is 4.16. The van der Waals surface area contributed by atoms with Crippen molar-refractivity contribution in [3.8, 4) is 0 Å². The van der Waals surface area contributed by atoms with Gasteiger partial charge in [-0.1, -0.05) is 19.1 Å². The van der Waals surface area contributed by atoms with Gasteiger partial charge < -0.3 is 0 Å². The van der Waals surface area contributed by atoms with Gasteiger partial charge in [0.25, 0.3) is 0 Å². The summed E-state index contributed by atoms with van der Waals surface area (Å²) in [6.45, 7) is 2.17. The molecule has 1 atom stereocenters. The van der Waals surface area contributed by atoms with Crippen molar-refractivity contribution in [3.63, 3.8) is 0 Å². The average molecular weight is 310 g/mol. The summed E-state index contributed by atoms with van der Waals surface area (Å²) in [5, 5.41) is 0. The molecule has 0 N–H and O–H groups in total. The number of carbonyl (C=O) groups excluding carboxylic acids is 1. The van der Waals surface area contributed by atoms with Crippen LogP contribution in [-0.2, 0) is 6.42 Å². The minimum absolute atomic E-state index is 0.101. The first kappa shape index (κ1) is 15.5. The van der Waals surface area contributed by atoms with Crippen molar-refractivity contribution < 1.29 is 9.18 Å². The summed E-state index contributed by atoms with van der Waals surface area (Å²) in [7, 11) is 0. The third kappa shape index (κ3) is 3.89. The van der Waals surface area contributed by atoms with E-state index in [0.717, 1.165) is 36.2 Å². The zero-order valence-corrected chi connectivity index (χ0v) is 13.1. The fourth-order valence-electron chi connectivity index (χ4n) is 2.87. The first-order valence-electron chi connectivity index (χ1n) is 7.90. The summed E-state index contributed by atoms with van der Waals surface area (Å²) >= 11 is 0. The molecular weight excluding hydrogens is 291 g/mol. The van der Waals surface area contributed by atoms with Gasteiger partial charge in [-0.2, -0.15) is 0 Å². The van der Waals surface area contributed by atoms with E-state index in [1.165, 1.54) is 12.1 Å². The number of halogens is 1. The molecule has 0 amide bonds. The van der Waals surface area contributed by atoms with Gasteiger partial charge in [0.1, 0.15) is 5.82 Å². The Hall–Kier alpha value is -2.36. The molecule has 0 bridgehead atoms. The molecule has 3 rings (SSSR count). The Balaban J connectivity index is 1.59. The molecule has 23 heavy (non-hydrogen) atoms. The van der Waals surface area contributed by atoms with E-state index in [0.29, 0.717) is 17.9 Å². The number of aliphatic imine (C=N–C) groups is 1. The Morgan fingerprint density at radius 2 is 2.00 bits per heavy atom. The van der Waals surface area contributed by atoms with Crippen LogP contribution in [0.25, 0.3) is 0 Å². The lowest BCUT2D eigenvalue weighted by Crippen LogP contribution is -2.14. The van der Waals surface area contributed by atoms with Gasteiger partial charge in [0, 0.05) is 24.5 Å². The molecule has 3 nitrogen and oxygen atoms in total. The Morgan fingerprint density at radius 3 is 2.78 bits per heavy atom. The fourth-order valence-corrected chi connectivity index (χ4v) is 2.87. The van der Waals surface area contributed by atoms with Crippen molar-refractivity contribution in [3.05, 3.63) is 59.7 Å². The molecule has 0 spiro atoms. The standard InChI is InChI=1S/C19H19FN2O/c1-13(10-14-3-5-15(20)6-4-14)2-7-16-11-19(23)17-12-21-9-8-18(17)22-16/h3-6,8-9,12-13H,2,7,10-11H2,1H3. The maximum Gasteiger partial charge on any atom is 0.172 e. The third-order valence-corrected chi connectivity index (χ3v) is 4.16. The quantitative estimate of drug-likeness (QED) is 0.813. The van der Waals surface area contributed by atoms with Gasteiger partial charge in [-0.25, -0.2) is 4.39 Å². The molecule has 1 aromatic carbocycles. The number of pyridine rings is 1. The number of fused-ring (bicyclic) bond motifs is 1. The van der Waals surface area contributed by atoms with Crippen LogP contribution in [-0.4, -0.2) is 16.5 Å². The van der Waals surface area contributed by atoms with Crippen LogP contribution in [0.4, 0.5) is 10.1 Å². The topological polar surface area (TPSA) is 42.3 Å². The Kier molecular flexibility index (Phi) is 4.60. The molecule has 118 valence electrons. The lowest BCUT2D eigenvalue weighted by Gasteiger charge is -2.16. The van der Waals surface area contributed by atoms with Crippen LogP contribution >= 0.6 is 0 Å². The van der Waals surface area contributed by atoms with Gasteiger partial charge in [-0.3, -0.25) is 14.8 Å². The summed E-state index contributed by atoms with van der Waals surface area (Å²) in [4.78, 5) is 20.7. The minimum Gasteiger partial charge on any atom is -0.294 e. The summed E-state index contributed by atoms with van der Waals surface area (Å²) < 4.78 is 12.9. The maximum atomic E-state index is 12.9. The molecule has 1 aliphatic heterocycles. The summed E-state index contributed by atoms with van der Waals surface area (Å²) in [5.74, 6) is 0.353. The van der Waals surface area contributed by atoms with E-state index in [2.05, 4.69) is 16.9 Å². The van der Waals surface area contributed by atoms with Crippen molar-refractivity contribution in [2.75, 3.05) is 0 Å². The highest BCUT2D eigenvalue weighted by Crippen LogP contribution is 2.26. The molecule has 2 heterocycles. The second kappa shape index (κ2) is 6.82. The Morgan fingerprint density at radius 1 is 1.22 bits per heavy atom. The van der Waals surface area contributed by atoms with Gasteiger partial charge in [-0.15, -0.1) is 0 Å². The number of carbonyl (C=O) groups is 1. The molecular formula is C19H19FN2O. The van der Waals surface area contributed by atoms with Crippen molar-refractivity contribution in [1.29, 1.82) is 0 Å². The molecule has 0 saturated heterocycles. The first-order valence-corrected chi connectivity index (χ1v) is 7.90. The Labute approximate surface area is 135 Å².